The van der Waals surface area contributed by atoms with Gasteiger partial charge in [-0.15, -0.1) is 0 Å². The summed E-state index contributed by atoms with van der Waals surface area (Å²) in [5.41, 5.74) is 2.37. The summed E-state index contributed by atoms with van der Waals surface area (Å²) in [6.07, 6.45) is 0. The summed E-state index contributed by atoms with van der Waals surface area (Å²) < 4.78 is 0. The van der Waals surface area contributed by atoms with Gasteiger partial charge in [-0.25, -0.2) is 0 Å². The Morgan fingerprint density at radius 1 is 1.12 bits per heavy atom. The van der Waals surface area contributed by atoms with Crippen molar-refractivity contribution in [2.45, 2.75) is 13.8 Å². The fourth-order valence-electron chi connectivity index (χ4n) is 1.90. The molecule has 0 aliphatic heterocycles. The van der Waals surface area contributed by atoms with Crippen molar-refractivity contribution in [1.82, 2.24) is 0 Å². The second kappa shape index (κ2) is 3.93. The quantitative estimate of drug-likeness (QED) is 0.542. The van der Waals surface area contributed by atoms with Crippen molar-refractivity contribution in [1.29, 1.82) is 0 Å². The van der Waals surface area contributed by atoms with E-state index >= 15 is 0 Å². The number of rotatable bonds is 2. The molecular weight excluding hydrogens is 196 g/mol. The maximum absolute atomic E-state index is 12.1. The molecule has 0 aliphatic rings. The molecule has 0 spiro atoms. The van der Waals surface area contributed by atoms with Crippen LogP contribution in [-0.2, 0) is 0 Å². The first kappa shape index (κ1) is 10.6. The normalized spacial score (nSPS) is 10.4. The predicted molar refractivity (Wildman–Crippen MR) is 67.8 cm³/mol. The molecule has 80 valence electrons. The van der Waals surface area contributed by atoms with Gasteiger partial charge < -0.3 is 0 Å². The number of benzene rings is 2. The van der Waals surface area contributed by atoms with E-state index in [-0.39, 0.29) is 5.78 Å². The van der Waals surface area contributed by atoms with Gasteiger partial charge in [0, 0.05) is 5.56 Å². The Morgan fingerprint density at radius 2 is 1.81 bits per heavy atom. The number of hydrogen-bond acceptors (Lipinski definition) is 1. The third-order valence-electron chi connectivity index (χ3n) is 2.75. The second-order valence-corrected chi connectivity index (χ2v) is 4.09. The molecule has 0 saturated carbocycles. The number of carbonyl (C=O) groups excluding carboxylic acids is 1. The maximum atomic E-state index is 12.1. The third kappa shape index (κ3) is 1.65. The monoisotopic (exact) mass is 210 g/mol. The minimum absolute atomic E-state index is 0.0364. The Balaban J connectivity index is 2.80. The molecule has 2 rings (SSSR count). The molecule has 0 aliphatic carbocycles. The van der Waals surface area contributed by atoms with Gasteiger partial charge in [0.05, 0.1) is 0 Å². The summed E-state index contributed by atoms with van der Waals surface area (Å²) in [5, 5.41) is 2.10. The van der Waals surface area contributed by atoms with Gasteiger partial charge in [0.1, 0.15) is 0 Å². The number of fused-ring (bicyclic) bond motifs is 1. The molecule has 0 unspecified atom stereocenters. The van der Waals surface area contributed by atoms with Gasteiger partial charge in [-0.2, -0.15) is 0 Å². The van der Waals surface area contributed by atoms with E-state index in [0.717, 1.165) is 21.9 Å². The number of carbonyl (C=O) groups is 1. The topological polar surface area (TPSA) is 17.1 Å². The van der Waals surface area contributed by atoms with Crippen molar-refractivity contribution in [3.05, 3.63) is 59.7 Å². The standard InChI is InChI=1S/C15H14O/c1-10(2)15(16)14-11(3)8-9-12-6-4-5-7-13(12)14/h4-9H,1H2,2-3H3. The molecule has 0 bridgehead atoms. The van der Waals surface area contributed by atoms with Crippen LogP contribution in [-0.4, -0.2) is 5.78 Å². The first-order valence-electron chi connectivity index (χ1n) is 5.30. The van der Waals surface area contributed by atoms with Crippen molar-refractivity contribution in [3.63, 3.8) is 0 Å². The van der Waals surface area contributed by atoms with E-state index in [1.54, 1.807) is 6.92 Å². The van der Waals surface area contributed by atoms with Gasteiger partial charge in [-0.1, -0.05) is 43.0 Å². The fourth-order valence-corrected chi connectivity index (χ4v) is 1.90. The van der Waals surface area contributed by atoms with Crippen LogP contribution in [0.5, 0.6) is 0 Å². The Bertz CT molecular complexity index is 579. The highest BCUT2D eigenvalue weighted by Crippen LogP contribution is 2.24. The number of hydrogen-bond donors (Lipinski definition) is 0. The van der Waals surface area contributed by atoms with E-state index in [1.165, 1.54) is 0 Å². The van der Waals surface area contributed by atoms with Crippen molar-refractivity contribution < 1.29 is 4.79 Å². The molecule has 2 aromatic carbocycles. The van der Waals surface area contributed by atoms with Crippen LogP contribution in [0, 0.1) is 6.92 Å². The van der Waals surface area contributed by atoms with Crippen molar-refractivity contribution in [2.24, 2.45) is 0 Å². The SMILES string of the molecule is C=C(C)C(=O)c1c(C)ccc2ccccc12. The molecule has 0 saturated heterocycles. The van der Waals surface area contributed by atoms with Crippen LogP contribution in [0.1, 0.15) is 22.8 Å². The van der Waals surface area contributed by atoms with Crippen LogP contribution in [0.15, 0.2) is 48.6 Å². The van der Waals surface area contributed by atoms with Crippen LogP contribution in [0.25, 0.3) is 10.8 Å². The second-order valence-electron chi connectivity index (χ2n) is 4.09. The first-order chi connectivity index (χ1) is 7.61. The molecule has 1 heteroatoms. The smallest absolute Gasteiger partial charge is 0.189 e. The van der Waals surface area contributed by atoms with Crippen molar-refractivity contribution in [2.75, 3.05) is 0 Å². The molecule has 2 aromatic rings. The number of allylic oxidation sites excluding steroid dienone is 1. The molecule has 0 aromatic heterocycles. The minimum Gasteiger partial charge on any atom is -0.289 e. The molecule has 0 atom stereocenters. The van der Waals surface area contributed by atoms with Crippen molar-refractivity contribution in [3.8, 4) is 0 Å². The summed E-state index contributed by atoms with van der Waals surface area (Å²) in [4.78, 5) is 12.1. The van der Waals surface area contributed by atoms with Gasteiger partial charge in [0.2, 0.25) is 0 Å². The molecule has 0 N–H and O–H groups in total. The third-order valence-corrected chi connectivity index (χ3v) is 2.75. The van der Waals surface area contributed by atoms with Crippen LogP contribution in [0.4, 0.5) is 0 Å². The number of ketones is 1. The number of aryl methyl sites for hydroxylation is 1. The lowest BCUT2D eigenvalue weighted by atomic mass is 9.94. The van der Waals surface area contributed by atoms with Gasteiger partial charge in [0.15, 0.2) is 5.78 Å². The van der Waals surface area contributed by atoms with E-state index in [9.17, 15) is 4.79 Å². The van der Waals surface area contributed by atoms with Gasteiger partial charge in [0.25, 0.3) is 0 Å². The summed E-state index contributed by atoms with van der Waals surface area (Å²) in [7, 11) is 0. The maximum Gasteiger partial charge on any atom is 0.189 e. The molecular formula is C15H14O. The summed E-state index contributed by atoms with van der Waals surface area (Å²) in [5.74, 6) is 0.0364. The van der Waals surface area contributed by atoms with E-state index in [1.807, 2.05) is 43.3 Å². The van der Waals surface area contributed by atoms with Crippen LogP contribution >= 0.6 is 0 Å². The van der Waals surface area contributed by atoms with E-state index in [4.69, 9.17) is 0 Å². The lowest BCUT2D eigenvalue weighted by molar-refractivity contribution is 0.103. The summed E-state index contributed by atoms with van der Waals surface area (Å²) in [6, 6.07) is 12.0. The Hall–Kier alpha value is -1.89. The Kier molecular flexibility index (Phi) is 2.61. The van der Waals surface area contributed by atoms with Gasteiger partial charge in [-0.05, 0) is 35.8 Å². The zero-order chi connectivity index (χ0) is 11.7. The first-order valence-corrected chi connectivity index (χ1v) is 5.30. The van der Waals surface area contributed by atoms with E-state index in [2.05, 4.69) is 6.58 Å². The highest BCUT2D eigenvalue weighted by molar-refractivity contribution is 6.16. The largest absolute Gasteiger partial charge is 0.289 e. The lowest BCUT2D eigenvalue weighted by Crippen LogP contribution is -2.03. The van der Waals surface area contributed by atoms with E-state index in [0.29, 0.717) is 5.57 Å². The highest BCUT2D eigenvalue weighted by atomic mass is 16.1. The number of Topliss-reactive ketones (excluding diaryl/α,β-unsaturated/α-hetero) is 1. The predicted octanol–water partition coefficient (Wildman–Crippen LogP) is 3.91. The average molecular weight is 210 g/mol. The molecule has 0 heterocycles. The zero-order valence-electron chi connectivity index (χ0n) is 9.58. The van der Waals surface area contributed by atoms with Crippen LogP contribution < -0.4 is 0 Å². The summed E-state index contributed by atoms with van der Waals surface area (Å²) in [6.45, 7) is 7.44. The molecule has 16 heavy (non-hydrogen) atoms. The Labute approximate surface area is 95.4 Å². The van der Waals surface area contributed by atoms with Crippen molar-refractivity contribution >= 4 is 16.6 Å². The van der Waals surface area contributed by atoms with Crippen LogP contribution in [0.2, 0.25) is 0 Å². The van der Waals surface area contributed by atoms with Gasteiger partial charge >= 0.3 is 0 Å². The molecule has 1 nitrogen and oxygen atoms in total. The summed E-state index contributed by atoms with van der Waals surface area (Å²) >= 11 is 0. The Morgan fingerprint density at radius 3 is 2.50 bits per heavy atom. The minimum atomic E-state index is 0.0364. The fraction of sp³-hybridized carbons (Fsp3) is 0.133. The molecule has 0 fully saturated rings. The average Bonchev–Trinajstić information content (AvgIpc) is 2.28. The lowest BCUT2D eigenvalue weighted by Gasteiger charge is -2.08. The molecule has 0 amide bonds. The molecule has 0 radical (unpaired) electrons. The van der Waals surface area contributed by atoms with Crippen LogP contribution in [0.3, 0.4) is 0 Å². The van der Waals surface area contributed by atoms with E-state index < -0.39 is 0 Å². The zero-order valence-corrected chi connectivity index (χ0v) is 9.58. The van der Waals surface area contributed by atoms with Gasteiger partial charge in [-0.3, -0.25) is 4.79 Å². The highest BCUT2D eigenvalue weighted by Gasteiger charge is 2.13.